The van der Waals surface area contributed by atoms with Gasteiger partial charge in [-0.15, -0.1) is 0 Å². The molecule has 0 amide bonds. The van der Waals surface area contributed by atoms with Crippen LogP contribution in [0.25, 0.3) is 0 Å². The molecule has 0 aliphatic heterocycles. The number of methoxy groups -OCH3 is 1. The van der Waals surface area contributed by atoms with Crippen LogP contribution in [0, 0.1) is 11.7 Å². The minimum absolute atomic E-state index is 0.195. The van der Waals surface area contributed by atoms with Gasteiger partial charge in [0.15, 0.2) is 0 Å². The van der Waals surface area contributed by atoms with E-state index in [9.17, 15) is 4.39 Å². The van der Waals surface area contributed by atoms with Gasteiger partial charge in [-0.1, -0.05) is 6.92 Å². The molecule has 0 saturated carbocycles. The van der Waals surface area contributed by atoms with Crippen LogP contribution in [-0.2, 0) is 0 Å². The van der Waals surface area contributed by atoms with Crippen molar-refractivity contribution in [2.45, 2.75) is 19.4 Å². The first-order valence-corrected chi connectivity index (χ1v) is 5.39. The van der Waals surface area contributed by atoms with Crippen molar-refractivity contribution in [2.24, 2.45) is 17.4 Å². The van der Waals surface area contributed by atoms with E-state index in [1.54, 1.807) is 13.2 Å². The minimum atomic E-state index is -0.300. The quantitative estimate of drug-likeness (QED) is 0.805. The van der Waals surface area contributed by atoms with Crippen molar-refractivity contribution in [3.8, 4) is 5.75 Å². The topological polar surface area (TPSA) is 61.3 Å². The molecule has 90 valence electrons. The highest BCUT2D eigenvalue weighted by Gasteiger charge is 2.18. The maximum absolute atomic E-state index is 13.2. The molecule has 4 heteroatoms. The monoisotopic (exact) mass is 226 g/mol. The Labute approximate surface area is 95.6 Å². The summed E-state index contributed by atoms with van der Waals surface area (Å²) in [5, 5.41) is 0. The fourth-order valence-electron chi connectivity index (χ4n) is 1.71. The van der Waals surface area contributed by atoms with Crippen LogP contribution in [0.3, 0.4) is 0 Å². The highest BCUT2D eigenvalue weighted by Crippen LogP contribution is 2.30. The third kappa shape index (κ3) is 2.93. The van der Waals surface area contributed by atoms with Crippen LogP contribution in [0.2, 0.25) is 0 Å². The van der Waals surface area contributed by atoms with Crippen LogP contribution in [0.1, 0.15) is 24.9 Å². The Kier molecular flexibility index (Phi) is 4.71. The van der Waals surface area contributed by atoms with Gasteiger partial charge in [-0.2, -0.15) is 0 Å². The Morgan fingerprint density at radius 2 is 2.12 bits per heavy atom. The zero-order chi connectivity index (χ0) is 12.1. The van der Waals surface area contributed by atoms with Crippen LogP contribution < -0.4 is 16.2 Å². The van der Waals surface area contributed by atoms with E-state index in [0.717, 1.165) is 6.42 Å². The minimum Gasteiger partial charge on any atom is -0.496 e. The van der Waals surface area contributed by atoms with Gasteiger partial charge in [0.05, 0.1) is 7.11 Å². The lowest BCUT2D eigenvalue weighted by Crippen LogP contribution is -2.22. The molecular formula is C12H19FN2O. The standard InChI is InChI=1S/C12H19FN2O/c1-8(5-6-14)12(15)10-7-9(13)3-4-11(10)16-2/h3-4,7-8,12H,5-6,14-15H2,1-2H3. The Morgan fingerprint density at radius 1 is 1.44 bits per heavy atom. The van der Waals surface area contributed by atoms with E-state index in [0.29, 0.717) is 17.9 Å². The third-order valence-electron chi connectivity index (χ3n) is 2.79. The van der Waals surface area contributed by atoms with Crippen molar-refractivity contribution in [2.75, 3.05) is 13.7 Å². The highest BCUT2D eigenvalue weighted by molar-refractivity contribution is 5.36. The van der Waals surface area contributed by atoms with Gasteiger partial charge in [0.1, 0.15) is 11.6 Å². The van der Waals surface area contributed by atoms with E-state index in [1.807, 2.05) is 6.92 Å². The number of hydrogen-bond donors (Lipinski definition) is 2. The Balaban J connectivity index is 2.96. The summed E-state index contributed by atoms with van der Waals surface area (Å²) in [6, 6.07) is 4.13. The Morgan fingerprint density at radius 3 is 2.69 bits per heavy atom. The number of ether oxygens (including phenoxy) is 1. The van der Waals surface area contributed by atoms with Gasteiger partial charge in [0.25, 0.3) is 0 Å². The molecule has 0 spiro atoms. The number of benzene rings is 1. The number of nitrogens with two attached hydrogens (primary N) is 2. The number of hydrogen-bond acceptors (Lipinski definition) is 3. The maximum Gasteiger partial charge on any atom is 0.123 e. The summed E-state index contributed by atoms with van der Waals surface area (Å²) in [7, 11) is 1.55. The molecule has 4 N–H and O–H groups in total. The second kappa shape index (κ2) is 5.82. The fraction of sp³-hybridized carbons (Fsp3) is 0.500. The van der Waals surface area contributed by atoms with Crippen LogP contribution >= 0.6 is 0 Å². The van der Waals surface area contributed by atoms with Gasteiger partial charge < -0.3 is 16.2 Å². The first-order valence-electron chi connectivity index (χ1n) is 5.39. The lowest BCUT2D eigenvalue weighted by Gasteiger charge is -2.21. The molecule has 0 fully saturated rings. The molecule has 0 aliphatic rings. The van der Waals surface area contributed by atoms with Crippen molar-refractivity contribution >= 4 is 0 Å². The second-order valence-corrected chi connectivity index (χ2v) is 3.97. The van der Waals surface area contributed by atoms with Gasteiger partial charge >= 0.3 is 0 Å². The fourth-order valence-corrected chi connectivity index (χ4v) is 1.71. The molecule has 2 unspecified atom stereocenters. The molecule has 0 bridgehead atoms. The molecule has 3 nitrogen and oxygen atoms in total. The summed E-state index contributed by atoms with van der Waals surface area (Å²) in [4.78, 5) is 0. The second-order valence-electron chi connectivity index (χ2n) is 3.97. The summed E-state index contributed by atoms with van der Waals surface area (Å²) >= 11 is 0. The van der Waals surface area contributed by atoms with Gasteiger partial charge in [-0.05, 0) is 37.1 Å². The predicted molar refractivity (Wildman–Crippen MR) is 62.7 cm³/mol. The molecule has 1 rings (SSSR count). The van der Waals surface area contributed by atoms with Crippen molar-refractivity contribution in [3.63, 3.8) is 0 Å². The predicted octanol–water partition coefficient (Wildman–Crippen LogP) is 1.82. The number of halogens is 1. The van der Waals surface area contributed by atoms with Crippen molar-refractivity contribution in [3.05, 3.63) is 29.6 Å². The molecular weight excluding hydrogens is 207 g/mol. The molecule has 0 aliphatic carbocycles. The molecule has 2 atom stereocenters. The summed E-state index contributed by atoms with van der Waals surface area (Å²) < 4.78 is 18.3. The van der Waals surface area contributed by atoms with E-state index in [-0.39, 0.29) is 17.8 Å². The smallest absolute Gasteiger partial charge is 0.123 e. The maximum atomic E-state index is 13.2. The highest BCUT2D eigenvalue weighted by atomic mass is 19.1. The normalized spacial score (nSPS) is 14.6. The van der Waals surface area contributed by atoms with E-state index in [1.165, 1.54) is 12.1 Å². The van der Waals surface area contributed by atoms with Crippen molar-refractivity contribution < 1.29 is 9.13 Å². The van der Waals surface area contributed by atoms with E-state index in [4.69, 9.17) is 16.2 Å². The van der Waals surface area contributed by atoms with Crippen molar-refractivity contribution in [1.29, 1.82) is 0 Å². The Hall–Kier alpha value is -1.13. The lowest BCUT2D eigenvalue weighted by atomic mass is 9.92. The molecule has 0 radical (unpaired) electrons. The van der Waals surface area contributed by atoms with Gasteiger partial charge in [0.2, 0.25) is 0 Å². The average molecular weight is 226 g/mol. The lowest BCUT2D eigenvalue weighted by molar-refractivity contribution is 0.383. The molecule has 0 heterocycles. The van der Waals surface area contributed by atoms with Gasteiger partial charge in [-0.25, -0.2) is 4.39 Å². The van der Waals surface area contributed by atoms with Crippen LogP contribution in [0.15, 0.2) is 18.2 Å². The summed E-state index contributed by atoms with van der Waals surface area (Å²) in [6.45, 7) is 2.58. The van der Waals surface area contributed by atoms with Crippen LogP contribution in [-0.4, -0.2) is 13.7 Å². The van der Waals surface area contributed by atoms with E-state index in [2.05, 4.69) is 0 Å². The summed E-state index contributed by atoms with van der Waals surface area (Å²) in [5.41, 5.74) is 12.3. The van der Waals surface area contributed by atoms with E-state index >= 15 is 0 Å². The van der Waals surface area contributed by atoms with E-state index < -0.39 is 0 Å². The first kappa shape index (κ1) is 12.9. The zero-order valence-corrected chi connectivity index (χ0v) is 9.74. The van der Waals surface area contributed by atoms with Crippen molar-refractivity contribution in [1.82, 2.24) is 0 Å². The molecule has 1 aromatic rings. The van der Waals surface area contributed by atoms with Gasteiger partial charge in [-0.3, -0.25) is 0 Å². The zero-order valence-electron chi connectivity index (χ0n) is 9.74. The van der Waals surface area contributed by atoms with Gasteiger partial charge in [0, 0.05) is 11.6 Å². The summed E-state index contributed by atoms with van der Waals surface area (Å²) in [6.07, 6.45) is 0.806. The Bertz CT molecular complexity index is 344. The average Bonchev–Trinajstić information content (AvgIpc) is 2.28. The molecule has 0 aromatic heterocycles. The number of rotatable bonds is 5. The van der Waals surface area contributed by atoms with Crippen LogP contribution in [0.4, 0.5) is 4.39 Å². The summed E-state index contributed by atoms with van der Waals surface area (Å²) in [5.74, 6) is 0.518. The third-order valence-corrected chi connectivity index (χ3v) is 2.79. The molecule has 1 aromatic carbocycles. The largest absolute Gasteiger partial charge is 0.496 e. The SMILES string of the molecule is COc1ccc(F)cc1C(N)C(C)CCN. The molecule has 16 heavy (non-hydrogen) atoms. The van der Waals surface area contributed by atoms with Crippen LogP contribution in [0.5, 0.6) is 5.75 Å². The first-order chi connectivity index (χ1) is 7.60. The molecule has 0 saturated heterocycles.